The standard InChI is InChI=1S/C30H38N2O5/c1-21-24(12-16-36-21)9-10-28(35)31(3)26-11-13-30(37-22(2)33)20-32(19-23-7-8-23)15-14-29(30,18-26)25-5-4-6-27(34)17-25/h4-6,9-10,12,16-17,23,26,34H,7-8,11,13-15,18-20H2,1-3H3/b10-9+/t26-,29-,30-/m0/s1. The van der Waals surface area contributed by atoms with Crippen molar-refractivity contribution >= 4 is 18.0 Å². The number of amides is 1. The second kappa shape index (κ2) is 10.0. The molecule has 2 aliphatic carbocycles. The van der Waals surface area contributed by atoms with Crippen molar-refractivity contribution in [3.8, 4) is 5.75 Å². The van der Waals surface area contributed by atoms with Gasteiger partial charge in [-0.15, -0.1) is 0 Å². The Hall–Kier alpha value is -3.06. The van der Waals surface area contributed by atoms with Crippen LogP contribution in [0.15, 0.2) is 47.1 Å². The van der Waals surface area contributed by atoms with Crippen LogP contribution >= 0.6 is 0 Å². The van der Waals surface area contributed by atoms with Crippen molar-refractivity contribution in [2.45, 2.75) is 69.4 Å². The molecule has 2 aromatic rings. The molecule has 1 aliphatic heterocycles. The minimum absolute atomic E-state index is 0.0244. The van der Waals surface area contributed by atoms with Gasteiger partial charge in [-0.2, -0.15) is 0 Å². The van der Waals surface area contributed by atoms with Gasteiger partial charge in [0, 0.05) is 50.2 Å². The van der Waals surface area contributed by atoms with Crippen LogP contribution in [0.1, 0.15) is 62.3 Å². The maximum atomic E-state index is 13.2. The number of likely N-dealkylation sites (tertiary alicyclic amines) is 1. The van der Waals surface area contributed by atoms with Crippen molar-refractivity contribution in [3.63, 3.8) is 0 Å². The number of hydrogen-bond acceptors (Lipinski definition) is 6. The lowest BCUT2D eigenvalue weighted by Gasteiger charge is -2.60. The molecule has 2 heterocycles. The summed E-state index contributed by atoms with van der Waals surface area (Å²) in [5, 5.41) is 10.4. The fraction of sp³-hybridized carbons (Fsp3) is 0.533. The molecule has 0 bridgehead atoms. The number of piperidine rings is 1. The Labute approximate surface area is 219 Å². The lowest BCUT2D eigenvalue weighted by atomic mass is 9.55. The normalized spacial score (nSPS) is 28.1. The van der Waals surface area contributed by atoms with E-state index in [4.69, 9.17) is 9.15 Å². The average Bonchev–Trinajstić information content (AvgIpc) is 3.59. The number of ether oxygens (including phenoxy) is 1. The molecule has 5 rings (SSSR count). The van der Waals surface area contributed by atoms with Crippen molar-refractivity contribution in [2.24, 2.45) is 5.92 Å². The van der Waals surface area contributed by atoms with Gasteiger partial charge in [-0.05, 0) is 87.7 Å². The van der Waals surface area contributed by atoms with Crippen LogP contribution in [0.2, 0.25) is 0 Å². The number of esters is 1. The summed E-state index contributed by atoms with van der Waals surface area (Å²) in [4.78, 5) is 30.0. The van der Waals surface area contributed by atoms with Crippen molar-refractivity contribution < 1.29 is 23.8 Å². The van der Waals surface area contributed by atoms with Gasteiger partial charge in [0.25, 0.3) is 0 Å². The number of nitrogens with zero attached hydrogens (tertiary/aromatic N) is 2. The molecule has 1 amide bonds. The Morgan fingerprint density at radius 1 is 1.24 bits per heavy atom. The van der Waals surface area contributed by atoms with Gasteiger partial charge >= 0.3 is 5.97 Å². The molecule has 3 aliphatic rings. The fourth-order valence-electron chi connectivity index (χ4n) is 6.64. The zero-order valence-corrected chi connectivity index (χ0v) is 22.1. The van der Waals surface area contributed by atoms with Crippen molar-refractivity contribution in [3.05, 3.63) is 59.6 Å². The Morgan fingerprint density at radius 2 is 2.05 bits per heavy atom. The third-order valence-electron chi connectivity index (χ3n) is 8.82. The molecule has 0 spiro atoms. The van der Waals surface area contributed by atoms with Crippen LogP contribution < -0.4 is 0 Å². The number of carbonyl (C=O) groups excluding carboxylic acids is 2. The molecule has 1 aromatic carbocycles. The number of phenolic OH excluding ortho intramolecular Hbond substituents is 1. The van der Waals surface area contributed by atoms with E-state index in [1.54, 1.807) is 24.5 Å². The van der Waals surface area contributed by atoms with Crippen LogP contribution in [-0.2, 0) is 19.7 Å². The Balaban J connectivity index is 1.46. The van der Waals surface area contributed by atoms with E-state index >= 15 is 0 Å². The monoisotopic (exact) mass is 506 g/mol. The zero-order chi connectivity index (χ0) is 26.2. The second-order valence-electron chi connectivity index (χ2n) is 11.3. The van der Waals surface area contributed by atoms with Gasteiger partial charge in [0.1, 0.15) is 17.1 Å². The quantitative estimate of drug-likeness (QED) is 0.434. The van der Waals surface area contributed by atoms with Crippen LogP contribution in [-0.4, -0.2) is 65.1 Å². The highest BCUT2D eigenvalue weighted by molar-refractivity contribution is 5.92. The molecular weight excluding hydrogens is 468 g/mol. The zero-order valence-electron chi connectivity index (χ0n) is 22.1. The summed E-state index contributed by atoms with van der Waals surface area (Å²) < 4.78 is 11.7. The molecule has 198 valence electrons. The van der Waals surface area contributed by atoms with E-state index in [0.717, 1.165) is 48.7 Å². The van der Waals surface area contributed by atoms with Crippen LogP contribution in [0.3, 0.4) is 0 Å². The molecule has 3 fully saturated rings. The molecule has 37 heavy (non-hydrogen) atoms. The summed E-state index contributed by atoms with van der Waals surface area (Å²) in [6.45, 7) is 5.99. The summed E-state index contributed by atoms with van der Waals surface area (Å²) in [7, 11) is 1.86. The highest BCUT2D eigenvalue weighted by Crippen LogP contribution is 2.55. The molecule has 7 heteroatoms. The van der Waals surface area contributed by atoms with Gasteiger partial charge in [-0.1, -0.05) is 12.1 Å². The van der Waals surface area contributed by atoms with Gasteiger partial charge in [0.2, 0.25) is 5.91 Å². The summed E-state index contributed by atoms with van der Waals surface area (Å²) in [5.41, 5.74) is 0.664. The number of furan rings is 1. The Morgan fingerprint density at radius 3 is 2.73 bits per heavy atom. The van der Waals surface area contributed by atoms with E-state index in [9.17, 15) is 14.7 Å². The Kier molecular flexibility index (Phi) is 6.92. The molecule has 3 atom stereocenters. The number of fused-ring (bicyclic) bond motifs is 1. The maximum Gasteiger partial charge on any atom is 0.303 e. The van der Waals surface area contributed by atoms with E-state index in [1.807, 2.05) is 43.1 Å². The molecule has 1 N–H and O–H groups in total. The van der Waals surface area contributed by atoms with E-state index in [0.29, 0.717) is 19.4 Å². The van der Waals surface area contributed by atoms with Crippen molar-refractivity contribution in [2.75, 3.05) is 26.7 Å². The molecule has 0 radical (unpaired) electrons. The highest BCUT2D eigenvalue weighted by Gasteiger charge is 2.61. The average molecular weight is 507 g/mol. The first kappa shape index (κ1) is 25.6. The summed E-state index contributed by atoms with van der Waals surface area (Å²) in [5.74, 6) is 1.38. The molecule has 0 unspecified atom stereocenters. The van der Waals surface area contributed by atoms with Crippen LogP contribution in [0, 0.1) is 12.8 Å². The van der Waals surface area contributed by atoms with Gasteiger partial charge in [-0.25, -0.2) is 0 Å². The topological polar surface area (TPSA) is 83.2 Å². The number of carbonyl (C=O) groups is 2. The van der Waals surface area contributed by atoms with E-state index < -0.39 is 11.0 Å². The van der Waals surface area contributed by atoms with Gasteiger partial charge in [0.15, 0.2) is 0 Å². The van der Waals surface area contributed by atoms with Crippen molar-refractivity contribution in [1.29, 1.82) is 0 Å². The number of likely N-dealkylation sites (N-methyl/N-ethyl adjacent to an activating group) is 1. The van der Waals surface area contributed by atoms with Crippen LogP contribution in [0.5, 0.6) is 5.75 Å². The van der Waals surface area contributed by atoms with Gasteiger partial charge in [-0.3, -0.25) is 14.5 Å². The lowest BCUT2D eigenvalue weighted by Crippen LogP contribution is -2.68. The van der Waals surface area contributed by atoms with E-state index in [2.05, 4.69) is 4.90 Å². The lowest BCUT2D eigenvalue weighted by molar-refractivity contribution is -0.190. The third kappa shape index (κ3) is 5.06. The van der Waals surface area contributed by atoms with Gasteiger partial charge in [0.05, 0.1) is 6.26 Å². The molecule has 2 saturated carbocycles. The first-order valence-electron chi connectivity index (χ1n) is 13.4. The molecule has 1 saturated heterocycles. The van der Waals surface area contributed by atoms with Crippen LogP contribution in [0.4, 0.5) is 0 Å². The minimum atomic E-state index is -0.704. The summed E-state index contributed by atoms with van der Waals surface area (Å²) >= 11 is 0. The number of hydrogen-bond donors (Lipinski definition) is 1. The summed E-state index contributed by atoms with van der Waals surface area (Å²) in [6.07, 6.45) is 10.4. The maximum absolute atomic E-state index is 13.2. The number of rotatable bonds is 7. The number of aryl methyl sites for hydroxylation is 1. The number of aromatic hydroxyl groups is 1. The second-order valence-corrected chi connectivity index (χ2v) is 11.3. The predicted octanol–water partition coefficient (Wildman–Crippen LogP) is 4.67. The van der Waals surface area contributed by atoms with Gasteiger partial charge < -0.3 is 19.2 Å². The third-order valence-corrected chi connectivity index (χ3v) is 8.82. The smallest absolute Gasteiger partial charge is 0.303 e. The number of benzene rings is 1. The minimum Gasteiger partial charge on any atom is -0.508 e. The van der Waals surface area contributed by atoms with E-state index in [1.165, 1.54) is 19.8 Å². The van der Waals surface area contributed by atoms with Crippen molar-refractivity contribution in [1.82, 2.24) is 9.80 Å². The van der Waals surface area contributed by atoms with Crippen LogP contribution in [0.25, 0.3) is 6.08 Å². The first-order chi connectivity index (χ1) is 17.7. The number of phenols is 1. The SMILES string of the molecule is CC(=O)O[C@]12CC[C@H](N(C)C(=O)/C=C/c3ccoc3C)C[C@]1(c1cccc(O)c1)CCN(CC1CC1)C2. The Bertz CT molecular complexity index is 1180. The highest BCUT2D eigenvalue weighted by atomic mass is 16.6. The molecule has 7 nitrogen and oxygen atoms in total. The molecular formula is C30H38N2O5. The fourth-order valence-corrected chi connectivity index (χ4v) is 6.64. The van der Waals surface area contributed by atoms with E-state index in [-0.39, 0.29) is 23.7 Å². The summed E-state index contributed by atoms with van der Waals surface area (Å²) in [6, 6.07) is 9.22. The predicted molar refractivity (Wildman–Crippen MR) is 141 cm³/mol. The first-order valence-corrected chi connectivity index (χ1v) is 13.4. The largest absolute Gasteiger partial charge is 0.508 e. The molecule has 1 aromatic heterocycles.